The van der Waals surface area contributed by atoms with Crippen LogP contribution in [0, 0.1) is 27.7 Å². The largest absolute Gasteiger partial charge is 0.483 e. The number of nitrogens with one attached hydrogen (secondary N) is 1. The van der Waals surface area contributed by atoms with Crippen molar-refractivity contribution >= 4 is 11.6 Å². The molecule has 1 N–H and O–H groups in total. The molecule has 0 aliphatic heterocycles. The van der Waals surface area contributed by atoms with E-state index in [1.807, 2.05) is 64.1 Å². The van der Waals surface area contributed by atoms with Crippen LogP contribution in [-0.2, 0) is 4.79 Å². The van der Waals surface area contributed by atoms with E-state index < -0.39 is 0 Å². The molecule has 2 rings (SSSR count). The number of benzene rings is 2. The van der Waals surface area contributed by atoms with Gasteiger partial charge in [0.1, 0.15) is 5.75 Å². The van der Waals surface area contributed by atoms with Gasteiger partial charge in [0.15, 0.2) is 6.61 Å². The first-order chi connectivity index (χ1) is 9.97. The number of ether oxygens (including phenoxy) is 1. The van der Waals surface area contributed by atoms with Crippen LogP contribution in [0.1, 0.15) is 22.3 Å². The highest BCUT2D eigenvalue weighted by Gasteiger charge is 2.08. The SMILES string of the molecule is Cc1ccc(NC(=O)COc2c(C)cccc2C)c(C)c1. The maximum atomic E-state index is 12.0. The molecule has 21 heavy (non-hydrogen) atoms. The van der Waals surface area contributed by atoms with Crippen LogP contribution in [0.3, 0.4) is 0 Å². The van der Waals surface area contributed by atoms with Crippen molar-refractivity contribution in [3.8, 4) is 5.75 Å². The van der Waals surface area contributed by atoms with Crippen LogP contribution >= 0.6 is 0 Å². The van der Waals surface area contributed by atoms with Gasteiger partial charge in [0.25, 0.3) is 5.91 Å². The molecule has 0 fully saturated rings. The molecular weight excluding hydrogens is 262 g/mol. The summed E-state index contributed by atoms with van der Waals surface area (Å²) >= 11 is 0. The van der Waals surface area contributed by atoms with Gasteiger partial charge in [-0.15, -0.1) is 0 Å². The van der Waals surface area contributed by atoms with Crippen LogP contribution in [-0.4, -0.2) is 12.5 Å². The summed E-state index contributed by atoms with van der Waals surface area (Å²) in [4.78, 5) is 12.0. The van der Waals surface area contributed by atoms with Crippen LogP contribution in [0.2, 0.25) is 0 Å². The van der Waals surface area contributed by atoms with E-state index in [9.17, 15) is 4.79 Å². The van der Waals surface area contributed by atoms with Gasteiger partial charge in [0.2, 0.25) is 0 Å². The molecule has 0 heterocycles. The minimum absolute atomic E-state index is 0.0129. The summed E-state index contributed by atoms with van der Waals surface area (Å²) in [5.41, 5.74) is 5.13. The van der Waals surface area contributed by atoms with E-state index in [1.165, 1.54) is 5.56 Å². The third-order valence-electron chi connectivity index (χ3n) is 3.41. The van der Waals surface area contributed by atoms with Gasteiger partial charge in [-0.05, 0) is 50.5 Å². The Bertz CT molecular complexity index is 642. The number of amides is 1. The monoisotopic (exact) mass is 283 g/mol. The van der Waals surface area contributed by atoms with E-state index in [0.29, 0.717) is 0 Å². The predicted molar refractivity (Wildman–Crippen MR) is 86.0 cm³/mol. The fraction of sp³-hybridized carbons (Fsp3) is 0.278. The normalized spacial score (nSPS) is 10.3. The molecule has 0 aliphatic carbocycles. The molecule has 0 spiro atoms. The molecule has 0 radical (unpaired) electrons. The molecule has 0 aromatic heterocycles. The summed E-state index contributed by atoms with van der Waals surface area (Å²) in [5, 5.41) is 2.88. The standard InChI is InChI=1S/C18H21NO2/c1-12-8-9-16(15(4)10-12)19-17(20)11-21-18-13(2)6-5-7-14(18)3/h5-10H,11H2,1-4H3,(H,19,20). The predicted octanol–water partition coefficient (Wildman–Crippen LogP) is 3.94. The van der Waals surface area contributed by atoms with Gasteiger partial charge in [0.05, 0.1) is 0 Å². The molecule has 0 aliphatic rings. The highest BCUT2D eigenvalue weighted by molar-refractivity contribution is 5.92. The molecule has 3 heteroatoms. The maximum absolute atomic E-state index is 12.0. The van der Waals surface area contributed by atoms with Crippen LogP contribution in [0.5, 0.6) is 5.75 Å². The first-order valence-corrected chi connectivity index (χ1v) is 7.03. The number of hydrogen-bond donors (Lipinski definition) is 1. The molecule has 110 valence electrons. The van der Waals surface area contributed by atoms with Gasteiger partial charge in [-0.25, -0.2) is 0 Å². The van der Waals surface area contributed by atoms with E-state index in [1.54, 1.807) is 0 Å². The minimum Gasteiger partial charge on any atom is -0.483 e. The molecule has 0 bridgehead atoms. The highest BCUT2D eigenvalue weighted by Crippen LogP contribution is 2.22. The van der Waals surface area contributed by atoms with Crippen LogP contribution < -0.4 is 10.1 Å². The molecule has 2 aromatic carbocycles. The van der Waals surface area contributed by atoms with Crippen LogP contribution in [0.4, 0.5) is 5.69 Å². The fourth-order valence-electron chi connectivity index (χ4n) is 2.30. The molecule has 1 amide bonds. The molecule has 0 saturated carbocycles. The van der Waals surface area contributed by atoms with Crippen molar-refractivity contribution in [2.24, 2.45) is 0 Å². The minimum atomic E-state index is -0.149. The van der Waals surface area contributed by atoms with E-state index in [2.05, 4.69) is 5.32 Å². The first kappa shape index (κ1) is 15.1. The van der Waals surface area contributed by atoms with Gasteiger partial charge >= 0.3 is 0 Å². The lowest BCUT2D eigenvalue weighted by molar-refractivity contribution is -0.118. The second-order valence-corrected chi connectivity index (χ2v) is 5.38. The Kier molecular flexibility index (Phi) is 4.63. The third kappa shape index (κ3) is 3.85. The Morgan fingerprint density at radius 1 is 1.00 bits per heavy atom. The van der Waals surface area contributed by atoms with Crippen molar-refractivity contribution in [1.82, 2.24) is 0 Å². The molecule has 3 nitrogen and oxygen atoms in total. The van der Waals surface area contributed by atoms with E-state index in [0.717, 1.165) is 28.1 Å². The summed E-state index contributed by atoms with van der Waals surface area (Å²) in [5.74, 6) is 0.637. The number of anilines is 1. The topological polar surface area (TPSA) is 38.3 Å². The van der Waals surface area contributed by atoms with Crippen LogP contribution in [0.25, 0.3) is 0 Å². The van der Waals surface area contributed by atoms with Crippen molar-refractivity contribution in [2.75, 3.05) is 11.9 Å². The van der Waals surface area contributed by atoms with Crippen molar-refractivity contribution in [3.63, 3.8) is 0 Å². The van der Waals surface area contributed by atoms with E-state index in [-0.39, 0.29) is 12.5 Å². The van der Waals surface area contributed by atoms with Gasteiger partial charge in [0, 0.05) is 5.69 Å². The zero-order valence-corrected chi connectivity index (χ0v) is 13.0. The molecule has 2 aromatic rings. The summed E-state index contributed by atoms with van der Waals surface area (Å²) < 4.78 is 5.65. The Hall–Kier alpha value is -2.29. The Morgan fingerprint density at radius 2 is 1.67 bits per heavy atom. The van der Waals surface area contributed by atoms with Crippen LogP contribution in [0.15, 0.2) is 36.4 Å². The second kappa shape index (κ2) is 6.44. The number of carbonyl (C=O) groups excluding carboxylic acids is 1. The zero-order chi connectivity index (χ0) is 15.4. The maximum Gasteiger partial charge on any atom is 0.262 e. The number of carbonyl (C=O) groups is 1. The molecule has 0 unspecified atom stereocenters. The number of para-hydroxylation sites is 1. The van der Waals surface area contributed by atoms with Crippen molar-refractivity contribution in [1.29, 1.82) is 0 Å². The van der Waals surface area contributed by atoms with E-state index >= 15 is 0 Å². The van der Waals surface area contributed by atoms with E-state index in [4.69, 9.17) is 4.74 Å². The quantitative estimate of drug-likeness (QED) is 0.923. The molecule has 0 saturated heterocycles. The van der Waals surface area contributed by atoms with Crippen molar-refractivity contribution in [2.45, 2.75) is 27.7 Å². The smallest absolute Gasteiger partial charge is 0.262 e. The Labute approximate surface area is 126 Å². The van der Waals surface area contributed by atoms with Gasteiger partial charge in [-0.1, -0.05) is 35.9 Å². The number of aryl methyl sites for hydroxylation is 4. The lowest BCUT2D eigenvalue weighted by atomic mass is 10.1. The summed E-state index contributed by atoms with van der Waals surface area (Å²) in [7, 11) is 0. The van der Waals surface area contributed by atoms with Crippen molar-refractivity contribution in [3.05, 3.63) is 58.7 Å². The zero-order valence-electron chi connectivity index (χ0n) is 13.0. The van der Waals surface area contributed by atoms with Gasteiger partial charge in [-0.3, -0.25) is 4.79 Å². The van der Waals surface area contributed by atoms with Gasteiger partial charge in [-0.2, -0.15) is 0 Å². The third-order valence-corrected chi connectivity index (χ3v) is 3.41. The summed E-state index contributed by atoms with van der Waals surface area (Å²) in [6, 6.07) is 11.9. The number of hydrogen-bond acceptors (Lipinski definition) is 2. The average molecular weight is 283 g/mol. The molecular formula is C18H21NO2. The first-order valence-electron chi connectivity index (χ1n) is 7.03. The Morgan fingerprint density at radius 3 is 2.29 bits per heavy atom. The molecule has 0 atom stereocenters. The second-order valence-electron chi connectivity index (χ2n) is 5.38. The Balaban J connectivity index is 1.99. The highest BCUT2D eigenvalue weighted by atomic mass is 16.5. The summed E-state index contributed by atoms with van der Waals surface area (Å²) in [6.07, 6.45) is 0. The van der Waals surface area contributed by atoms with Crippen molar-refractivity contribution < 1.29 is 9.53 Å². The number of rotatable bonds is 4. The lowest BCUT2D eigenvalue weighted by Gasteiger charge is -2.13. The fourth-order valence-corrected chi connectivity index (χ4v) is 2.30. The summed E-state index contributed by atoms with van der Waals surface area (Å²) in [6.45, 7) is 7.98. The lowest BCUT2D eigenvalue weighted by Crippen LogP contribution is -2.21. The van der Waals surface area contributed by atoms with Gasteiger partial charge < -0.3 is 10.1 Å². The average Bonchev–Trinajstić information content (AvgIpc) is 2.41.